The molecule has 2 aliphatic rings. The predicted octanol–water partition coefficient (Wildman–Crippen LogP) is 2.26. The van der Waals surface area contributed by atoms with Gasteiger partial charge in [-0.3, -0.25) is 4.90 Å². The smallest absolute Gasteiger partial charge is 0.336 e. The lowest BCUT2D eigenvalue weighted by atomic mass is 10.0. The van der Waals surface area contributed by atoms with E-state index in [-0.39, 0.29) is 5.63 Å². The monoisotopic (exact) mass is 419 g/mol. The Bertz CT molecular complexity index is 1060. The number of aryl methyl sites for hydroxylation is 2. The number of rotatable bonds is 4. The molecule has 2 aromatic rings. The van der Waals surface area contributed by atoms with Crippen LogP contribution in [-0.4, -0.2) is 61.2 Å². The topological polar surface area (TPSA) is 74.1 Å². The van der Waals surface area contributed by atoms with Crippen molar-refractivity contribution >= 4 is 21.2 Å². The molecule has 0 N–H and O–H groups in total. The van der Waals surface area contributed by atoms with Crippen molar-refractivity contribution in [3.8, 4) is 0 Å². The van der Waals surface area contributed by atoms with Crippen molar-refractivity contribution in [2.75, 3.05) is 39.3 Å². The van der Waals surface area contributed by atoms with Crippen LogP contribution in [-0.2, 0) is 16.8 Å². The Labute approximate surface area is 172 Å². The van der Waals surface area contributed by atoms with Crippen molar-refractivity contribution in [3.05, 3.63) is 45.3 Å². The highest BCUT2D eigenvalue weighted by molar-refractivity contribution is 7.86. The van der Waals surface area contributed by atoms with Gasteiger partial charge in [-0.05, 0) is 62.4 Å². The van der Waals surface area contributed by atoms with Gasteiger partial charge in [-0.25, -0.2) is 4.79 Å². The Hall–Kier alpha value is -1.74. The van der Waals surface area contributed by atoms with Crippen molar-refractivity contribution < 1.29 is 12.8 Å². The average molecular weight is 420 g/mol. The third-order valence-electron chi connectivity index (χ3n) is 5.92. The van der Waals surface area contributed by atoms with Crippen molar-refractivity contribution in [1.82, 2.24) is 13.5 Å². The fraction of sp³-hybridized carbons (Fsp3) is 0.571. The standard InChI is InChI=1S/C21H29N3O4S/c1-16-12-17(2)21-19(13-16)18(14-20(25)28-21)15-22-6-5-9-24(11-10-22)29(26,27)23-7-3-4-8-23/h12-14H,3-11,15H2,1-2H3. The Morgan fingerprint density at radius 1 is 0.897 bits per heavy atom. The normalized spacial score (nSPS) is 20.3. The molecule has 0 bridgehead atoms. The highest BCUT2D eigenvalue weighted by atomic mass is 32.2. The SMILES string of the molecule is Cc1cc(C)c2oc(=O)cc(CN3CCCN(S(=O)(=O)N4CCCC4)CC3)c2c1. The molecule has 0 radical (unpaired) electrons. The largest absolute Gasteiger partial charge is 0.422 e. The molecule has 2 fully saturated rings. The lowest BCUT2D eigenvalue weighted by Crippen LogP contribution is -2.44. The zero-order valence-corrected chi connectivity index (χ0v) is 18.0. The van der Waals surface area contributed by atoms with Gasteiger partial charge in [0.05, 0.1) is 0 Å². The quantitative estimate of drug-likeness (QED) is 0.711. The molecule has 0 saturated carbocycles. The van der Waals surface area contributed by atoms with E-state index < -0.39 is 10.2 Å². The minimum absolute atomic E-state index is 0.340. The second-order valence-corrected chi connectivity index (χ2v) is 10.1. The summed E-state index contributed by atoms with van der Waals surface area (Å²) in [6.07, 6.45) is 2.67. The summed E-state index contributed by atoms with van der Waals surface area (Å²) in [6.45, 7) is 8.35. The van der Waals surface area contributed by atoms with Gasteiger partial charge < -0.3 is 4.42 Å². The number of hydrogen-bond donors (Lipinski definition) is 0. The summed E-state index contributed by atoms with van der Waals surface area (Å²) >= 11 is 0. The summed E-state index contributed by atoms with van der Waals surface area (Å²) < 4.78 is 34.5. The molecule has 0 aliphatic carbocycles. The van der Waals surface area contributed by atoms with Gasteiger partial charge >= 0.3 is 5.63 Å². The molecule has 1 aromatic carbocycles. The molecule has 29 heavy (non-hydrogen) atoms. The maximum atomic E-state index is 12.9. The van der Waals surface area contributed by atoms with Crippen molar-refractivity contribution in [2.45, 2.75) is 39.7 Å². The van der Waals surface area contributed by atoms with E-state index in [0.29, 0.717) is 44.9 Å². The summed E-state index contributed by atoms with van der Waals surface area (Å²) in [5, 5.41) is 0.966. The van der Waals surface area contributed by atoms with Crippen LogP contribution in [0.25, 0.3) is 11.0 Å². The molecule has 0 amide bonds. The third kappa shape index (κ3) is 4.26. The molecule has 0 atom stereocenters. The molecule has 2 aliphatic heterocycles. The number of hydrogen-bond acceptors (Lipinski definition) is 5. The second kappa shape index (κ2) is 8.18. The molecule has 8 heteroatoms. The molecule has 1 aromatic heterocycles. The lowest BCUT2D eigenvalue weighted by molar-refractivity contribution is 0.277. The van der Waals surface area contributed by atoms with E-state index >= 15 is 0 Å². The number of fused-ring (bicyclic) bond motifs is 1. The van der Waals surface area contributed by atoms with Crippen molar-refractivity contribution in [1.29, 1.82) is 0 Å². The Kier molecular flexibility index (Phi) is 5.79. The zero-order valence-electron chi connectivity index (χ0n) is 17.2. The van der Waals surface area contributed by atoms with Crippen LogP contribution < -0.4 is 5.63 Å². The van der Waals surface area contributed by atoms with Crippen LogP contribution in [0.1, 0.15) is 36.0 Å². The molecule has 158 valence electrons. The van der Waals surface area contributed by atoms with Gasteiger partial charge in [0.25, 0.3) is 10.2 Å². The van der Waals surface area contributed by atoms with Gasteiger partial charge in [-0.1, -0.05) is 6.07 Å². The lowest BCUT2D eigenvalue weighted by Gasteiger charge is -2.26. The molecular formula is C21H29N3O4S. The van der Waals surface area contributed by atoms with E-state index in [0.717, 1.165) is 47.9 Å². The van der Waals surface area contributed by atoms with E-state index in [9.17, 15) is 13.2 Å². The maximum absolute atomic E-state index is 12.9. The molecule has 3 heterocycles. The van der Waals surface area contributed by atoms with Gasteiger partial charge in [-0.2, -0.15) is 17.0 Å². The van der Waals surface area contributed by atoms with Gasteiger partial charge in [0.15, 0.2) is 0 Å². The van der Waals surface area contributed by atoms with Gasteiger partial charge in [-0.15, -0.1) is 0 Å². The Morgan fingerprint density at radius 2 is 1.59 bits per heavy atom. The minimum atomic E-state index is -3.36. The van der Waals surface area contributed by atoms with Crippen molar-refractivity contribution in [2.24, 2.45) is 0 Å². The Balaban J connectivity index is 1.53. The average Bonchev–Trinajstić information content (AvgIpc) is 3.11. The summed E-state index contributed by atoms with van der Waals surface area (Å²) in [5.41, 5.74) is 3.33. The summed E-state index contributed by atoms with van der Waals surface area (Å²) in [6, 6.07) is 5.65. The molecule has 4 rings (SSSR count). The maximum Gasteiger partial charge on any atom is 0.336 e. The first kappa shape index (κ1) is 20.5. The first-order chi connectivity index (χ1) is 13.8. The number of benzene rings is 1. The molecule has 0 spiro atoms. The first-order valence-electron chi connectivity index (χ1n) is 10.4. The first-order valence-corrected chi connectivity index (χ1v) is 11.8. The molecule has 0 unspecified atom stereocenters. The van der Waals surface area contributed by atoms with Crippen LogP contribution in [0.15, 0.2) is 27.4 Å². The highest BCUT2D eigenvalue weighted by Gasteiger charge is 2.32. The highest BCUT2D eigenvalue weighted by Crippen LogP contribution is 2.24. The molecular weight excluding hydrogens is 390 g/mol. The summed E-state index contributed by atoms with van der Waals surface area (Å²) in [5.74, 6) is 0. The van der Waals surface area contributed by atoms with E-state index in [1.165, 1.54) is 0 Å². The van der Waals surface area contributed by atoms with Crippen molar-refractivity contribution in [3.63, 3.8) is 0 Å². The van der Waals surface area contributed by atoms with Gasteiger partial charge in [0.1, 0.15) is 5.58 Å². The van der Waals surface area contributed by atoms with Crippen LogP contribution in [0.4, 0.5) is 0 Å². The molecule has 7 nitrogen and oxygen atoms in total. The predicted molar refractivity (Wildman–Crippen MR) is 113 cm³/mol. The van der Waals surface area contributed by atoms with E-state index in [4.69, 9.17) is 4.42 Å². The summed E-state index contributed by atoms with van der Waals surface area (Å²) in [4.78, 5) is 14.3. The van der Waals surface area contributed by atoms with Crippen LogP contribution in [0.2, 0.25) is 0 Å². The fourth-order valence-electron chi connectivity index (χ4n) is 4.47. The third-order valence-corrected chi connectivity index (χ3v) is 7.95. The minimum Gasteiger partial charge on any atom is -0.422 e. The van der Waals surface area contributed by atoms with Crippen LogP contribution >= 0.6 is 0 Å². The second-order valence-electron chi connectivity index (χ2n) is 8.19. The summed E-state index contributed by atoms with van der Waals surface area (Å²) in [7, 11) is -3.36. The van der Waals surface area contributed by atoms with Crippen LogP contribution in [0.5, 0.6) is 0 Å². The van der Waals surface area contributed by atoms with Crippen LogP contribution in [0, 0.1) is 13.8 Å². The van der Waals surface area contributed by atoms with E-state index in [2.05, 4.69) is 11.0 Å². The van der Waals surface area contributed by atoms with Crippen LogP contribution in [0.3, 0.4) is 0 Å². The van der Waals surface area contributed by atoms with Gasteiger partial charge in [0, 0.05) is 50.7 Å². The number of nitrogens with zero attached hydrogens (tertiary/aromatic N) is 3. The Morgan fingerprint density at radius 3 is 2.34 bits per heavy atom. The van der Waals surface area contributed by atoms with E-state index in [1.807, 2.05) is 19.9 Å². The zero-order chi connectivity index (χ0) is 20.6. The molecule has 2 saturated heterocycles. The van der Waals surface area contributed by atoms with Gasteiger partial charge in [0.2, 0.25) is 0 Å². The fourth-order valence-corrected chi connectivity index (χ4v) is 6.19. The van der Waals surface area contributed by atoms with E-state index in [1.54, 1.807) is 14.7 Å².